The van der Waals surface area contributed by atoms with Gasteiger partial charge in [-0.3, -0.25) is 4.99 Å². The van der Waals surface area contributed by atoms with Crippen molar-refractivity contribution in [1.29, 1.82) is 0 Å². The van der Waals surface area contributed by atoms with E-state index >= 15 is 0 Å². The summed E-state index contributed by atoms with van der Waals surface area (Å²) in [6, 6.07) is -0.310. The molecule has 0 spiro atoms. The number of aliphatic hydroxyl groups is 3. The number of amidine groups is 1. The third kappa shape index (κ3) is 2.63. The molecule has 0 unspecified atom stereocenters. The quantitative estimate of drug-likeness (QED) is 0.515. The zero-order valence-corrected chi connectivity index (χ0v) is 10.8. The SMILES string of the molecule is C=CCNC1=N[C@H]2[C@@H](S1)S[C@H](CO)[C@@H](O)[C@@H]2O. The number of fused-ring (bicyclic) bond motifs is 1. The fourth-order valence-electron chi connectivity index (χ4n) is 1.82. The lowest BCUT2D eigenvalue weighted by Crippen LogP contribution is -2.51. The van der Waals surface area contributed by atoms with E-state index in [0.29, 0.717) is 6.54 Å². The smallest absolute Gasteiger partial charge is 0.158 e. The minimum atomic E-state index is -0.922. The van der Waals surface area contributed by atoms with Gasteiger partial charge in [0, 0.05) is 6.54 Å². The third-order valence-electron chi connectivity index (χ3n) is 2.74. The van der Waals surface area contributed by atoms with E-state index in [1.165, 1.54) is 23.5 Å². The van der Waals surface area contributed by atoms with Crippen molar-refractivity contribution in [1.82, 2.24) is 5.32 Å². The van der Waals surface area contributed by atoms with E-state index in [4.69, 9.17) is 5.11 Å². The first-order chi connectivity index (χ1) is 8.17. The van der Waals surface area contributed by atoms with E-state index in [0.717, 1.165) is 5.17 Å². The van der Waals surface area contributed by atoms with Crippen LogP contribution in [0.5, 0.6) is 0 Å². The molecule has 2 rings (SSSR count). The third-order valence-corrected chi connectivity index (χ3v) is 5.67. The highest BCUT2D eigenvalue weighted by Gasteiger charge is 2.47. The molecule has 0 radical (unpaired) electrons. The van der Waals surface area contributed by atoms with Gasteiger partial charge in [0.2, 0.25) is 0 Å². The van der Waals surface area contributed by atoms with Crippen LogP contribution >= 0.6 is 23.5 Å². The minimum Gasteiger partial charge on any atom is -0.395 e. The number of nitrogens with one attached hydrogen (secondary N) is 1. The first kappa shape index (κ1) is 13.2. The van der Waals surface area contributed by atoms with Crippen LogP contribution in [0.15, 0.2) is 17.6 Å². The molecule has 5 atom stereocenters. The highest BCUT2D eigenvalue weighted by molar-refractivity contribution is 8.25. The molecule has 17 heavy (non-hydrogen) atoms. The van der Waals surface area contributed by atoms with E-state index < -0.39 is 12.2 Å². The minimum absolute atomic E-state index is 0.0536. The normalized spacial score (nSPS) is 40.6. The standard InChI is InChI=1S/C10H16N2O3S2/c1-2-3-11-10-12-6-8(15)7(14)5(4-13)16-9(6)17-10/h2,5-9,13-15H,1,3-4H2,(H,11,12)/t5-,6-,7-,8-,9-/m1/s1. The molecule has 2 aliphatic rings. The van der Waals surface area contributed by atoms with Crippen molar-refractivity contribution >= 4 is 28.7 Å². The number of thioether (sulfide) groups is 2. The van der Waals surface area contributed by atoms with Crippen LogP contribution < -0.4 is 5.32 Å². The van der Waals surface area contributed by atoms with Crippen molar-refractivity contribution in [2.24, 2.45) is 4.99 Å². The molecule has 96 valence electrons. The molecule has 5 nitrogen and oxygen atoms in total. The van der Waals surface area contributed by atoms with Gasteiger partial charge in [0.25, 0.3) is 0 Å². The van der Waals surface area contributed by atoms with Crippen LogP contribution in [-0.4, -0.2) is 61.7 Å². The van der Waals surface area contributed by atoms with Crippen LogP contribution in [0.3, 0.4) is 0 Å². The Labute approximate surface area is 108 Å². The summed E-state index contributed by atoms with van der Waals surface area (Å²) in [5.74, 6) is 0. The molecule has 7 heteroatoms. The summed E-state index contributed by atoms with van der Waals surface area (Å²) in [6.07, 6.45) is -0.0942. The second kappa shape index (κ2) is 5.62. The van der Waals surface area contributed by atoms with Gasteiger partial charge < -0.3 is 20.6 Å². The maximum absolute atomic E-state index is 9.95. The molecular formula is C10H16N2O3S2. The van der Waals surface area contributed by atoms with Gasteiger partial charge in [-0.25, -0.2) is 0 Å². The Kier molecular flexibility index (Phi) is 4.37. The van der Waals surface area contributed by atoms with Gasteiger partial charge in [-0.2, -0.15) is 0 Å². The maximum atomic E-state index is 9.95. The molecule has 0 bridgehead atoms. The average Bonchev–Trinajstić information content (AvgIpc) is 2.74. The molecule has 0 aromatic rings. The Morgan fingerprint density at radius 2 is 2.18 bits per heavy atom. The molecular weight excluding hydrogens is 260 g/mol. The lowest BCUT2D eigenvalue weighted by Gasteiger charge is -2.36. The first-order valence-corrected chi connectivity index (χ1v) is 7.21. The average molecular weight is 276 g/mol. The monoisotopic (exact) mass is 276 g/mol. The molecule has 0 saturated carbocycles. The number of rotatable bonds is 3. The van der Waals surface area contributed by atoms with Gasteiger partial charge in [-0.05, 0) is 0 Å². The van der Waals surface area contributed by atoms with Crippen LogP contribution in [0.1, 0.15) is 0 Å². The lowest BCUT2D eigenvalue weighted by atomic mass is 10.0. The summed E-state index contributed by atoms with van der Waals surface area (Å²) in [6.45, 7) is 4.10. The largest absolute Gasteiger partial charge is 0.395 e. The van der Waals surface area contributed by atoms with Crippen molar-refractivity contribution in [3.63, 3.8) is 0 Å². The van der Waals surface area contributed by atoms with Crippen LogP contribution in [0.25, 0.3) is 0 Å². The number of aliphatic hydroxyl groups excluding tert-OH is 3. The summed E-state index contributed by atoms with van der Waals surface area (Å²) >= 11 is 3.00. The Bertz CT molecular complexity index is 327. The molecule has 1 fully saturated rings. The Hall–Kier alpha value is -0.210. The fourth-order valence-corrected chi connectivity index (χ4v) is 4.81. The highest BCUT2D eigenvalue weighted by atomic mass is 32.2. The molecule has 0 aromatic heterocycles. The van der Waals surface area contributed by atoms with E-state index in [9.17, 15) is 10.2 Å². The van der Waals surface area contributed by atoms with Crippen LogP contribution in [0.2, 0.25) is 0 Å². The van der Waals surface area contributed by atoms with E-state index in [1.54, 1.807) is 6.08 Å². The Morgan fingerprint density at radius 1 is 1.41 bits per heavy atom. The van der Waals surface area contributed by atoms with Gasteiger partial charge in [0.1, 0.15) is 12.1 Å². The molecule has 0 aliphatic carbocycles. The number of hydrogen-bond donors (Lipinski definition) is 4. The summed E-state index contributed by atoms with van der Waals surface area (Å²) in [5, 5.41) is 32.4. The predicted molar refractivity (Wildman–Crippen MR) is 71.3 cm³/mol. The van der Waals surface area contributed by atoms with Gasteiger partial charge >= 0.3 is 0 Å². The van der Waals surface area contributed by atoms with Crippen LogP contribution in [-0.2, 0) is 0 Å². The highest BCUT2D eigenvalue weighted by Crippen LogP contribution is 2.44. The maximum Gasteiger partial charge on any atom is 0.158 e. The predicted octanol–water partition coefficient (Wildman–Crippen LogP) is -0.611. The topological polar surface area (TPSA) is 85.1 Å². The van der Waals surface area contributed by atoms with Gasteiger partial charge in [0.15, 0.2) is 5.17 Å². The zero-order valence-electron chi connectivity index (χ0n) is 9.19. The summed E-state index contributed by atoms with van der Waals surface area (Å²) in [7, 11) is 0. The first-order valence-electron chi connectivity index (χ1n) is 5.39. The van der Waals surface area contributed by atoms with Crippen molar-refractivity contribution in [2.45, 2.75) is 28.1 Å². The second-order valence-electron chi connectivity index (χ2n) is 3.92. The second-order valence-corrected chi connectivity index (χ2v) is 6.73. The van der Waals surface area contributed by atoms with E-state index in [-0.39, 0.29) is 22.5 Å². The zero-order chi connectivity index (χ0) is 12.4. The van der Waals surface area contributed by atoms with Gasteiger partial charge in [0.05, 0.1) is 22.5 Å². The number of hydrogen-bond acceptors (Lipinski definition) is 7. The Morgan fingerprint density at radius 3 is 2.82 bits per heavy atom. The summed E-state index contributed by atoms with van der Waals surface area (Å²) in [5.41, 5.74) is 0. The lowest BCUT2D eigenvalue weighted by molar-refractivity contribution is -0.00539. The number of nitrogens with zero attached hydrogens (tertiary/aromatic N) is 1. The summed E-state index contributed by atoms with van der Waals surface area (Å²) < 4.78 is 0.0536. The van der Waals surface area contributed by atoms with Crippen molar-refractivity contribution in [3.8, 4) is 0 Å². The fraction of sp³-hybridized carbons (Fsp3) is 0.700. The Balaban J connectivity index is 2.04. The van der Waals surface area contributed by atoms with Gasteiger partial charge in [-0.1, -0.05) is 17.8 Å². The van der Waals surface area contributed by atoms with E-state index in [2.05, 4.69) is 16.9 Å². The molecule has 0 aromatic carbocycles. The van der Waals surface area contributed by atoms with Crippen molar-refractivity contribution in [3.05, 3.63) is 12.7 Å². The van der Waals surface area contributed by atoms with Crippen molar-refractivity contribution < 1.29 is 15.3 Å². The molecule has 1 saturated heterocycles. The van der Waals surface area contributed by atoms with E-state index in [1.807, 2.05) is 0 Å². The van der Waals surface area contributed by atoms with Crippen molar-refractivity contribution in [2.75, 3.05) is 13.2 Å². The summed E-state index contributed by atoms with van der Waals surface area (Å²) in [4.78, 5) is 4.36. The van der Waals surface area contributed by atoms with Gasteiger partial charge in [-0.15, -0.1) is 18.3 Å². The molecule has 2 heterocycles. The molecule has 0 amide bonds. The molecule has 4 N–H and O–H groups in total. The molecule has 2 aliphatic heterocycles. The van der Waals surface area contributed by atoms with Crippen LogP contribution in [0, 0.1) is 0 Å². The number of aliphatic imine (C=N–C) groups is 1. The van der Waals surface area contributed by atoms with Crippen LogP contribution in [0.4, 0.5) is 0 Å².